The van der Waals surface area contributed by atoms with Crippen molar-refractivity contribution >= 4 is 0 Å². The molecule has 1 aromatic rings. The van der Waals surface area contributed by atoms with Crippen molar-refractivity contribution in [1.29, 1.82) is 0 Å². The maximum Gasteiger partial charge on any atom is 0.280 e. The molecule has 3 nitrogen and oxygen atoms in total. The Hall–Kier alpha value is -0.990. The molecule has 3 heteroatoms. The highest BCUT2D eigenvalue weighted by molar-refractivity contribution is 5.10. The molecule has 0 unspecified atom stereocenters. The molecule has 0 aliphatic heterocycles. The quantitative estimate of drug-likeness (QED) is 0.770. The van der Waals surface area contributed by atoms with Gasteiger partial charge < -0.3 is 4.52 Å². The molecule has 0 spiro atoms. The maximum atomic E-state index is 11.1. The van der Waals surface area contributed by atoms with Gasteiger partial charge in [-0.3, -0.25) is 4.79 Å². The van der Waals surface area contributed by atoms with Crippen LogP contribution in [0.4, 0.5) is 0 Å². The van der Waals surface area contributed by atoms with Crippen LogP contribution in [0.5, 0.6) is 0 Å². The first-order valence-corrected chi connectivity index (χ1v) is 6.31. The van der Waals surface area contributed by atoms with Gasteiger partial charge in [0.15, 0.2) is 0 Å². The number of hydrogen-bond acceptors (Lipinski definition) is 2. The molecule has 0 aliphatic carbocycles. The molecule has 0 aliphatic rings. The highest BCUT2D eigenvalue weighted by Crippen LogP contribution is 2.33. The van der Waals surface area contributed by atoms with Crippen molar-refractivity contribution in [2.45, 2.75) is 64.7 Å². The van der Waals surface area contributed by atoms with Crippen LogP contribution < -0.4 is 5.56 Å². The highest BCUT2D eigenvalue weighted by atomic mass is 16.5. The first-order valence-electron chi connectivity index (χ1n) is 6.31. The van der Waals surface area contributed by atoms with E-state index in [1.165, 1.54) is 25.7 Å². The zero-order valence-corrected chi connectivity index (χ0v) is 10.6. The van der Waals surface area contributed by atoms with E-state index in [2.05, 4.69) is 25.9 Å². The van der Waals surface area contributed by atoms with Crippen molar-refractivity contribution in [2.24, 2.45) is 0 Å². The van der Waals surface area contributed by atoms with E-state index in [9.17, 15) is 4.79 Å². The van der Waals surface area contributed by atoms with Crippen molar-refractivity contribution in [1.82, 2.24) is 5.16 Å². The Morgan fingerprint density at radius 3 is 2.19 bits per heavy atom. The van der Waals surface area contributed by atoms with Crippen molar-refractivity contribution in [2.75, 3.05) is 0 Å². The Morgan fingerprint density at radius 1 is 1.25 bits per heavy atom. The van der Waals surface area contributed by atoms with E-state index in [-0.39, 0.29) is 11.0 Å². The third-order valence-electron chi connectivity index (χ3n) is 3.28. The minimum absolute atomic E-state index is 0.0190. The Morgan fingerprint density at radius 2 is 1.81 bits per heavy atom. The van der Waals surface area contributed by atoms with Gasteiger partial charge in [0.2, 0.25) is 0 Å². The Bertz CT molecular complexity index is 343. The third-order valence-corrected chi connectivity index (χ3v) is 3.28. The van der Waals surface area contributed by atoms with Gasteiger partial charge >= 0.3 is 0 Å². The molecular weight excluding hydrogens is 202 g/mol. The molecule has 0 saturated carbocycles. The number of unbranched alkanes of at least 4 members (excludes halogenated alkanes) is 2. The van der Waals surface area contributed by atoms with E-state index in [1.807, 2.05) is 0 Å². The number of nitrogens with one attached hydrogen (secondary N) is 1. The fraction of sp³-hybridized carbons (Fsp3) is 0.769. The Kier molecular flexibility index (Phi) is 4.84. The molecule has 1 rings (SSSR count). The van der Waals surface area contributed by atoms with Gasteiger partial charge in [-0.1, -0.05) is 46.5 Å². The molecule has 92 valence electrons. The lowest BCUT2D eigenvalue weighted by Gasteiger charge is -2.26. The van der Waals surface area contributed by atoms with Crippen LogP contribution in [0.15, 0.2) is 15.4 Å². The highest BCUT2D eigenvalue weighted by Gasteiger charge is 2.29. The summed E-state index contributed by atoms with van der Waals surface area (Å²) in [7, 11) is 0. The molecule has 0 atom stereocenters. The zero-order valence-electron chi connectivity index (χ0n) is 10.6. The average Bonchev–Trinajstić information content (AvgIpc) is 2.71. The van der Waals surface area contributed by atoms with Gasteiger partial charge in [-0.2, -0.15) is 5.16 Å². The van der Waals surface area contributed by atoms with Crippen LogP contribution in [0, 0.1) is 0 Å². The van der Waals surface area contributed by atoms with E-state index in [4.69, 9.17) is 4.52 Å². The second-order valence-corrected chi connectivity index (χ2v) is 4.84. The van der Waals surface area contributed by atoms with E-state index < -0.39 is 0 Å². The van der Waals surface area contributed by atoms with Crippen molar-refractivity contribution in [3.05, 3.63) is 22.2 Å². The van der Waals surface area contributed by atoms with Gasteiger partial charge in [-0.05, 0) is 12.8 Å². The fourth-order valence-corrected chi connectivity index (χ4v) is 2.09. The normalized spacial score (nSPS) is 11.9. The van der Waals surface area contributed by atoms with Gasteiger partial charge in [-0.25, -0.2) is 0 Å². The molecule has 0 aromatic carbocycles. The van der Waals surface area contributed by atoms with Crippen molar-refractivity contribution in [3.63, 3.8) is 0 Å². The molecule has 0 radical (unpaired) electrons. The van der Waals surface area contributed by atoms with Crippen LogP contribution >= 0.6 is 0 Å². The molecule has 1 N–H and O–H groups in total. The monoisotopic (exact) mass is 225 g/mol. The van der Waals surface area contributed by atoms with E-state index >= 15 is 0 Å². The number of aromatic amines is 1. The summed E-state index contributed by atoms with van der Waals surface area (Å²) < 4.78 is 5.29. The Labute approximate surface area is 97.2 Å². The minimum atomic E-state index is -0.130. The SMILES string of the molecule is CCCCC(C)(CCCC)c1cc(=O)[nH]o1. The van der Waals surface area contributed by atoms with Gasteiger partial charge in [0.1, 0.15) is 5.76 Å². The standard InChI is InChI=1S/C13H23NO2/c1-4-6-8-13(3,9-7-5-2)11-10-12(15)14-16-11/h10H,4-9H2,1-3H3,(H,14,15). The maximum absolute atomic E-state index is 11.1. The van der Waals surface area contributed by atoms with E-state index in [0.717, 1.165) is 18.6 Å². The molecule has 16 heavy (non-hydrogen) atoms. The number of rotatable bonds is 7. The first kappa shape index (κ1) is 13.1. The predicted molar refractivity (Wildman–Crippen MR) is 65.7 cm³/mol. The summed E-state index contributed by atoms with van der Waals surface area (Å²) >= 11 is 0. The largest absolute Gasteiger partial charge is 0.383 e. The topological polar surface area (TPSA) is 46.0 Å². The van der Waals surface area contributed by atoms with Crippen LogP contribution in [0.25, 0.3) is 0 Å². The lowest BCUT2D eigenvalue weighted by molar-refractivity contribution is 0.265. The smallest absolute Gasteiger partial charge is 0.280 e. The number of H-pyrrole nitrogens is 1. The van der Waals surface area contributed by atoms with Crippen LogP contribution in [-0.4, -0.2) is 5.16 Å². The van der Waals surface area contributed by atoms with E-state index in [0.29, 0.717) is 0 Å². The molecule has 0 amide bonds. The summed E-state index contributed by atoms with van der Waals surface area (Å²) in [5.74, 6) is 0.819. The summed E-state index contributed by atoms with van der Waals surface area (Å²) in [5.41, 5.74) is -0.111. The molecule has 0 fully saturated rings. The molecule has 1 aromatic heterocycles. The predicted octanol–water partition coefficient (Wildman–Crippen LogP) is 3.61. The lowest BCUT2D eigenvalue weighted by atomic mass is 9.78. The Balaban J connectivity index is 2.80. The second kappa shape index (κ2) is 5.92. The fourth-order valence-electron chi connectivity index (χ4n) is 2.09. The number of hydrogen-bond donors (Lipinski definition) is 1. The summed E-state index contributed by atoms with van der Waals surface area (Å²) in [6.07, 6.45) is 6.88. The van der Waals surface area contributed by atoms with Gasteiger partial charge in [-0.15, -0.1) is 0 Å². The summed E-state index contributed by atoms with van der Waals surface area (Å²) in [6.45, 7) is 6.57. The van der Waals surface area contributed by atoms with E-state index in [1.54, 1.807) is 6.07 Å². The van der Waals surface area contributed by atoms with Crippen LogP contribution in [-0.2, 0) is 5.41 Å². The second-order valence-electron chi connectivity index (χ2n) is 4.84. The average molecular weight is 225 g/mol. The first-order chi connectivity index (χ1) is 7.62. The number of aromatic nitrogens is 1. The van der Waals surface area contributed by atoms with Crippen LogP contribution in [0.1, 0.15) is 65.1 Å². The van der Waals surface area contributed by atoms with Gasteiger partial charge in [0.25, 0.3) is 5.56 Å². The molecule has 0 bridgehead atoms. The summed E-state index contributed by atoms with van der Waals surface area (Å²) in [4.78, 5) is 11.1. The van der Waals surface area contributed by atoms with Crippen molar-refractivity contribution < 1.29 is 4.52 Å². The minimum Gasteiger partial charge on any atom is -0.383 e. The summed E-state index contributed by atoms with van der Waals surface area (Å²) in [5, 5.41) is 2.40. The van der Waals surface area contributed by atoms with Crippen LogP contribution in [0.2, 0.25) is 0 Å². The van der Waals surface area contributed by atoms with Gasteiger partial charge in [0.05, 0.1) is 0 Å². The third kappa shape index (κ3) is 3.26. The van der Waals surface area contributed by atoms with Crippen LogP contribution in [0.3, 0.4) is 0 Å². The lowest BCUT2D eigenvalue weighted by Crippen LogP contribution is -2.21. The van der Waals surface area contributed by atoms with Gasteiger partial charge in [0, 0.05) is 11.5 Å². The van der Waals surface area contributed by atoms with Crippen molar-refractivity contribution in [3.8, 4) is 0 Å². The molecule has 0 saturated heterocycles. The molecule has 1 heterocycles. The summed E-state index contributed by atoms with van der Waals surface area (Å²) in [6, 6.07) is 1.60. The zero-order chi connectivity index (χ0) is 12.0. The molecular formula is C13H23NO2.